The summed E-state index contributed by atoms with van der Waals surface area (Å²) in [6.45, 7) is 2.05. The number of nitrogens with two attached hydrogens (primary N) is 1. The molecular weight excluding hydrogens is 202 g/mol. The summed E-state index contributed by atoms with van der Waals surface area (Å²) < 4.78 is 0. The van der Waals surface area contributed by atoms with Crippen molar-refractivity contribution in [2.45, 2.75) is 38.5 Å². The number of carbonyl (C=O) groups is 1. The zero-order valence-electron chi connectivity index (χ0n) is 9.82. The van der Waals surface area contributed by atoms with Gasteiger partial charge in [-0.15, -0.1) is 0 Å². The van der Waals surface area contributed by atoms with E-state index < -0.39 is 0 Å². The number of aliphatic imine (C=N–C) groups is 1. The average molecular weight is 223 g/mol. The second kappa shape index (κ2) is 5.32. The van der Waals surface area contributed by atoms with Crippen molar-refractivity contribution in [2.24, 2.45) is 16.6 Å². The van der Waals surface area contributed by atoms with Crippen molar-refractivity contribution in [3.63, 3.8) is 0 Å². The number of hydrogen-bond acceptors (Lipinski definition) is 2. The standard InChI is InChI=1S/C12H21N3O/c13-12(10-5-1-2-6-10)14-9-11(16)15-7-3-4-8-15/h10H,1-9H2,(H2,13,14). The van der Waals surface area contributed by atoms with E-state index in [0.29, 0.717) is 11.8 Å². The normalized spacial score (nSPS) is 23.0. The van der Waals surface area contributed by atoms with Crippen molar-refractivity contribution in [1.82, 2.24) is 4.90 Å². The molecular formula is C12H21N3O. The van der Waals surface area contributed by atoms with Gasteiger partial charge in [-0.05, 0) is 25.7 Å². The Hall–Kier alpha value is -1.06. The summed E-state index contributed by atoms with van der Waals surface area (Å²) in [5.74, 6) is 1.27. The molecule has 1 amide bonds. The Morgan fingerprint density at radius 3 is 2.44 bits per heavy atom. The Balaban J connectivity index is 1.80. The van der Waals surface area contributed by atoms with Gasteiger partial charge in [0.1, 0.15) is 6.54 Å². The third kappa shape index (κ3) is 2.74. The van der Waals surface area contributed by atoms with Gasteiger partial charge in [-0.3, -0.25) is 9.79 Å². The number of hydrogen-bond donors (Lipinski definition) is 1. The summed E-state index contributed by atoms with van der Waals surface area (Å²) in [6, 6.07) is 0. The van der Waals surface area contributed by atoms with Crippen LogP contribution in [0.15, 0.2) is 4.99 Å². The molecule has 0 bridgehead atoms. The van der Waals surface area contributed by atoms with Gasteiger partial charge < -0.3 is 10.6 Å². The quantitative estimate of drug-likeness (QED) is 0.576. The van der Waals surface area contributed by atoms with Crippen LogP contribution in [0.4, 0.5) is 0 Å². The van der Waals surface area contributed by atoms with Gasteiger partial charge >= 0.3 is 0 Å². The molecule has 1 aliphatic carbocycles. The van der Waals surface area contributed by atoms with E-state index in [1.165, 1.54) is 12.8 Å². The molecule has 0 radical (unpaired) electrons. The molecule has 2 fully saturated rings. The molecule has 1 saturated heterocycles. The minimum Gasteiger partial charge on any atom is -0.387 e. The smallest absolute Gasteiger partial charge is 0.244 e. The monoisotopic (exact) mass is 223 g/mol. The summed E-state index contributed by atoms with van der Waals surface area (Å²) in [7, 11) is 0. The Bertz CT molecular complexity index is 276. The second-order valence-corrected chi connectivity index (χ2v) is 4.81. The van der Waals surface area contributed by atoms with E-state index >= 15 is 0 Å². The maximum atomic E-state index is 11.7. The minimum atomic E-state index is 0.137. The van der Waals surface area contributed by atoms with Crippen molar-refractivity contribution < 1.29 is 4.79 Å². The maximum absolute atomic E-state index is 11.7. The van der Waals surface area contributed by atoms with Gasteiger partial charge in [-0.2, -0.15) is 0 Å². The summed E-state index contributed by atoms with van der Waals surface area (Å²) in [5.41, 5.74) is 5.91. The molecule has 0 unspecified atom stereocenters. The maximum Gasteiger partial charge on any atom is 0.244 e. The van der Waals surface area contributed by atoms with Crippen molar-refractivity contribution in [3.05, 3.63) is 0 Å². The number of nitrogens with zero attached hydrogens (tertiary/aromatic N) is 2. The van der Waals surface area contributed by atoms with Crippen LogP contribution in [-0.2, 0) is 4.79 Å². The third-order valence-corrected chi connectivity index (χ3v) is 3.63. The van der Waals surface area contributed by atoms with Gasteiger partial charge in [-0.1, -0.05) is 12.8 Å². The number of likely N-dealkylation sites (tertiary alicyclic amines) is 1. The summed E-state index contributed by atoms with van der Waals surface area (Å²) >= 11 is 0. The van der Waals surface area contributed by atoms with E-state index in [-0.39, 0.29) is 12.5 Å². The summed E-state index contributed by atoms with van der Waals surface area (Å²) in [5, 5.41) is 0. The molecule has 0 aromatic heterocycles. The molecule has 0 aromatic rings. The predicted molar refractivity (Wildman–Crippen MR) is 64.3 cm³/mol. The highest BCUT2D eigenvalue weighted by Gasteiger charge is 2.20. The van der Waals surface area contributed by atoms with Crippen LogP contribution in [0.25, 0.3) is 0 Å². The lowest BCUT2D eigenvalue weighted by molar-refractivity contribution is -0.128. The molecule has 2 aliphatic rings. The Labute approximate surface area is 96.9 Å². The molecule has 0 aromatic carbocycles. The zero-order chi connectivity index (χ0) is 11.4. The minimum absolute atomic E-state index is 0.137. The number of rotatable bonds is 3. The lowest BCUT2D eigenvalue weighted by atomic mass is 10.1. The average Bonchev–Trinajstić information content (AvgIpc) is 2.95. The van der Waals surface area contributed by atoms with Gasteiger partial charge in [0.15, 0.2) is 0 Å². The fraction of sp³-hybridized carbons (Fsp3) is 0.833. The Morgan fingerprint density at radius 2 is 1.81 bits per heavy atom. The molecule has 4 heteroatoms. The van der Waals surface area contributed by atoms with Crippen molar-refractivity contribution >= 4 is 11.7 Å². The van der Waals surface area contributed by atoms with Crippen LogP contribution in [0.1, 0.15) is 38.5 Å². The summed E-state index contributed by atoms with van der Waals surface area (Å²) in [6.07, 6.45) is 7.06. The zero-order valence-corrected chi connectivity index (χ0v) is 9.82. The highest BCUT2D eigenvalue weighted by atomic mass is 16.2. The van der Waals surface area contributed by atoms with Crippen LogP contribution >= 0.6 is 0 Å². The van der Waals surface area contributed by atoms with E-state index in [2.05, 4.69) is 4.99 Å². The lowest BCUT2D eigenvalue weighted by Gasteiger charge is -2.14. The highest BCUT2D eigenvalue weighted by molar-refractivity contribution is 5.86. The molecule has 4 nitrogen and oxygen atoms in total. The predicted octanol–water partition coefficient (Wildman–Crippen LogP) is 1.16. The van der Waals surface area contributed by atoms with Crippen molar-refractivity contribution in [1.29, 1.82) is 0 Å². The number of carbonyl (C=O) groups excluding carboxylic acids is 1. The number of amidine groups is 1. The molecule has 1 aliphatic heterocycles. The molecule has 2 N–H and O–H groups in total. The van der Waals surface area contributed by atoms with Crippen LogP contribution in [0.3, 0.4) is 0 Å². The van der Waals surface area contributed by atoms with Crippen LogP contribution in [-0.4, -0.2) is 36.3 Å². The van der Waals surface area contributed by atoms with Crippen molar-refractivity contribution in [2.75, 3.05) is 19.6 Å². The lowest BCUT2D eigenvalue weighted by Crippen LogP contribution is -2.31. The van der Waals surface area contributed by atoms with Gasteiger partial charge in [0.2, 0.25) is 5.91 Å². The number of amides is 1. The van der Waals surface area contributed by atoms with Gasteiger partial charge in [0.05, 0.1) is 5.84 Å². The van der Waals surface area contributed by atoms with E-state index in [1.807, 2.05) is 4.90 Å². The SMILES string of the molecule is NC(=NCC(=O)N1CCCC1)C1CCCC1. The van der Waals surface area contributed by atoms with Crippen LogP contribution in [0.5, 0.6) is 0 Å². The van der Waals surface area contributed by atoms with E-state index in [1.54, 1.807) is 0 Å². The molecule has 2 rings (SSSR count). The van der Waals surface area contributed by atoms with Crippen LogP contribution < -0.4 is 5.73 Å². The molecule has 0 atom stereocenters. The van der Waals surface area contributed by atoms with Crippen LogP contribution in [0.2, 0.25) is 0 Å². The van der Waals surface area contributed by atoms with E-state index in [0.717, 1.165) is 38.8 Å². The van der Waals surface area contributed by atoms with Gasteiger partial charge in [0, 0.05) is 19.0 Å². The first-order chi connectivity index (χ1) is 7.77. The van der Waals surface area contributed by atoms with Crippen molar-refractivity contribution in [3.8, 4) is 0 Å². The first-order valence-electron chi connectivity index (χ1n) is 6.35. The van der Waals surface area contributed by atoms with Gasteiger partial charge in [0.25, 0.3) is 0 Å². The fourth-order valence-electron chi connectivity index (χ4n) is 2.58. The van der Waals surface area contributed by atoms with E-state index in [9.17, 15) is 4.79 Å². The molecule has 1 saturated carbocycles. The van der Waals surface area contributed by atoms with E-state index in [4.69, 9.17) is 5.73 Å². The molecule has 1 heterocycles. The Morgan fingerprint density at radius 1 is 1.19 bits per heavy atom. The highest BCUT2D eigenvalue weighted by Crippen LogP contribution is 2.24. The first kappa shape index (κ1) is 11.4. The first-order valence-corrected chi connectivity index (χ1v) is 6.35. The Kier molecular flexibility index (Phi) is 3.80. The molecule has 0 spiro atoms. The fourth-order valence-corrected chi connectivity index (χ4v) is 2.58. The third-order valence-electron chi connectivity index (χ3n) is 3.63. The van der Waals surface area contributed by atoms with Crippen LogP contribution in [0, 0.1) is 5.92 Å². The topological polar surface area (TPSA) is 58.7 Å². The molecule has 16 heavy (non-hydrogen) atoms. The second-order valence-electron chi connectivity index (χ2n) is 4.81. The molecule has 90 valence electrons. The summed E-state index contributed by atoms with van der Waals surface area (Å²) in [4.78, 5) is 17.9. The largest absolute Gasteiger partial charge is 0.387 e. The van der Waals surface area contributed by atoms with Gasteiger partial charge in [-0.25, -0.2) is 0 Å².